The lowest BCUT2D eigenvalue weighted by Crippen LogP contribution is -2.20. The molecule has 0 saturated carbocycles. The summed E-state index contributed by atoms with van der Waals surface area (Å²) in [6.45, 7) is 0.692. The van der Waals surface area contributed by atoms with Crippen LogP contribution in [0.5, 0.6) is 5.75 Å². The molecule has 0 aliphatic heterocycles. The zero-order chi connectivity index (χ0) is 15.9. The van der Waals surface area contributed by atoms with Crippen LogP contribution in [-0.2, 0) is 11.3 Å². The van der Waals surface area contributed by atoms with Crippen LogP contribution < -0.4 is 10.1 Å². The van der Waals surface area contributed by atoms with Crippen molar-refractivity contribution in [3.63, 3.8) is 0 Å². The molecule has 0 atom stereocenters. The van der Waals surface area contributed by atoms with Gasteiger partial charge in [-0.3, -0.25) is 4.79 Å². The van der Waals surface area contributed by atoms with Crippen LogP contribution in [0.25, 0.3) is 0 Å². The van der Waals surface area contributed by atoms with Gasteiger partial charge in [-0.2, -0.15) is 0 Å². The molecule has 1 aromatic carbocycles. The summed E-state index contributed by atoms with van der Waals surface area (Å²) in [5.74, 6) is 0.915. The molecular formula is C17H16N4O2. The molecule has 0 radical (unpaired) electrons. The highest BCUT2D eigenvalue weighted by atomic mass is 16.5. The van der Waals surface area contributed by atoms with Crippen molar-refractivity contribution >= 4 is 11.7 Å². The lowest BCUT2D eigenvalue weighted by atomic mass is 10.2. The third kappa shape index (κ3) is 4.41. The molecule has 0 fully saturated rings. The van der Waals surface area contributed by atoms with E-state index in [-0.39, 0.29) is 12.5 Å². The van der Waals surface area contributed by atoms with Crippen LogP contribution in [-0.4, -0.2) is 27.0 Å². The van der Waals surface area contributed by atoms with Crippen molar-refractivity contribution in [2.45, 2.75) is 6.54 Å². The maximum atomic E-state index is 11.8. The van der Waals surface area contributed by atoms with Crippen molar-refractivity contribution in [3.8, 4) is 5.75 Å². The van der Waals surface area contributed by atoms with Gasteiger partial charge in [0, 0.05) is 25.1 Å². The summed E-state index contributed by atoms with van der Waals surface area (Å²) in [6, 6.07) is 12.9. The van der Waals surface area contributed by atoms with E-state index in [4.69, 9.17) is 4.74 Å². The van der Waals surface area contributed by atoms with Gasteiger partial charge in [-0.05, 0) is 29.8 Å². The highest BCUT2D eigenvalue weighted by Gasteiger charge is 2.04. The highest BCUT2D eigenvalue weighted by Crippen LogP contribution is 2.13. The predicted octanol–water partition coefficient (Wildman–Crippen LogP) is 2.34. The summed E-state index contributed by atoms with van der Waals surface area (Å²) in [5, 5.41) is 2.67. The first-order valence-electron chi connectivity index (χ1n) is 7.18. The number of pyridine rings is 1. The van der Waals surface area contributed by atoms with E-state index in [0.29, 0.717) is 11.6 Å². The van der Waals surface area contributed by atoms with Crippen molar-refractivity contribution in [1.29, 1.82) is 0 Å². The smallest absolute Gasteiger partial charge is 0.263 e. The van der Waals surface area contributed by atoms with Gasteiger partial charge in [0.25, 0.3) is 5.91 Å². The van der Waals surface area contributed by atoms with Crippen LogP contribution in [0.3, 0.4) is 0 Å². The molecule has 1 amide bonds. The van der Waals surface area contributed by atoms with Gasteiger partial charge in [-0.1, -0.05) is 18.2 Å². The molecule has 3 rings (SSSR count). The predicted molar refractivity (Wildman–Crippen MR) is 86.1 cm³/mol. The molecule has 1 N–H and O–H groups in total. The Morgan fingerprint density at radius 1 is 1.13 bits per heavy atom. The number of hydrogen-bond donors (Lipinski definition) is 1. The fourth-order valence-corrected chi connectivity index (χ4v) is 2.05. The highest BCUT2D eigenvalue weighted by molar-refractivity contribution is 5.90. The van der Waals surface area contributed by atoms with Crippen molar-refractivity contribution in [1.82, 2.24) is 14.5 Å². The second-order valence-electron chi connectivity index (χ2n) is 4.93. The van der Waals surface area contributed by atoms with E-state index in [9.17, 15) is 4.79 Å². The molecule has 0 saturated heterocycles. The van der Waals surface area contributed by atoms with Gasteiger partial charge in [0.1, 0.15) is 11.6 Å². The van der Waals surface area contributed by atoms with E-state index < -0.39 is 0 Å². The average Bonchev–Trinajstić information content (AvgIpc) is 3.08. The number of hydrogen-bond acceptors (Lipinski definition) is 4. The van der Waals surface area contributed by atoms with E-state index in [0.717, 1.165) is 12.1 Å². The van der Waals surface area contributed by atoms with Crippen LogP contribution in [0.4, 0.5) is 5.82 Å². The summed E-state index contributed by atoms with van der Waals surface area (Å²) in [6.07, 6.45) is 7.05. The van der Waals surface area contributed by atoms with Crippen LogP contribution in [0.1, 0.15) is 5.56 Å². The Hall–Kier alpha value is -3.15. The molecule has 6 heteroatoms. The Labute approximate surface area is 133 Å². The summed E-state index contributed by atoms with van der Waals surface area (Å²) in [4.78, 5) is 19.8. The standard InChI is InChI=1S/C17H16N4O2/c22-17(20-16-3-1-2-8-19-16)12-23-15-6-4-14(5-7-15)11-21-10-9-18-13-21/h1-10,13H,11-12H2,(H,19,20,22). The monoisotopic (exact) mass is 308 g/mol. The normalized spacial score (nSPS) is 10.3. The first-order chi connectivity index (χ1) is 11.3. The third-order valence-corrected chi connectivity index (χ3v) is 3.15. The van der Waals surface area contributed by atoms with Gasteiger partial charge in [0.15, 0.2) is 6.61 Å². The summed E-state index contributed by atoms with van der Waals surface area (Å²) < 4.78 is 7.45. The summed E-state index contributed by atoms with van der Waals surface area (Å²) >= 11 is 0. The topological polar surface area (TPSA) is 69.0 Å². The quantitative estimate of drug-likeness (QED) is 0.759. The van der Waals surface area contributed by atoms with Crippen molar-refractivity contribution < 1.29 is 9.53 Å². The van der Waals surface area contributed by atoms with Crippen LogP contribution >= 0.6 is 0 Å². The first-order valence-corrected chi connectivity index (χ1v) is 7.18. The molecule has 23 heavy (non-hydrogen) atoms. The largest absolute Gasteiger partial charge is 0.484 e. The van der Waals surface area contributed by atoms with E-state index in [2.05, 4.69) is 15.3 Å². The number of ether oxygens (including phenoxy) is 1. The second kappa shape index (κ2) is 7.22. The number of nitrogens with one attached hydrogen (secondary N) is 1. The maximum Gasteiger partial charge on any atom is 0.263 e. The number of aromatic nitrogens is 3. The minimum Gasteiger partial charge on any atom is -0.484 e. The van der Waals surface area contributed by atoms with Crippen LogP contribution in [0.2, 0.25) is 0 Å². The van der Waals surface area contributed by atoms with Crippen LogP contribution in [0, 0.1) is 0 Å². The zero-order valence-electron chi connectivity index (χ0n) is 12.4. The molecular weight excluding hydrogens is 292 g/mol. The van der Waals surface area contributed by atoms with Crippen molar-refractivity contribution in [2.24, 2.45) is 0 Å². The Bertz CT molecular complexity index is 740. The number of carbonyl (C=O) groups excluding carboxylic acids is 1. The molecule has 0 spiro atoms. The Morgan fingerprint density at radius 3 is 2.70 bits per heavy atom. The number of rotatable bonds is 6. The summed E-state index contributed by atoms with van der Waals surface area (Å²) in [7, 11) is 0. The van der Waals surface area contributed by atoms with Gasteiger partial charge in [-0.15, -0.1) is 0 Å². The molecule has 6 nitrogen and oxygen atoms in total. The fraction of sp³-hybridized carbons (Fsp3) is 0.118. The average molecular weight is 308 g/mol. The zero-order valence-corrected chi connectivity index (χ0v) is 12.4. The lowest BCUT2D eigenvalue weighted by molar-refractivity contribution is -0.118. The number of benzene rings is 1. The van der Waals surface area contributed by atoms with Crippen LogP contribution in [0.15, 0.2) is 67.4 Å². The van der Waals surface area contributed by atoms with Gasteiger partial charge >= 0.3 is 0 Å². The van der Waals surface area contributed by atoms with Gasteiger partial charge in [0.2, 0.25) is 0 Å². The molecule has 0 aliphatic rings. The summed E-state index contributed by atoms with van der Waals surface area (Å²) in [5.41, 5.74) is 1.13. The van der Waals surface area contributed by atoms with Crippen molar-refractivity contribution in [3.05, 3.63) is 72.9 Å². The Balaban J connectivity index is 1.49. The molecule has 0 unspecified atom stereocenters. The van der Waals surface area contributed by atoms with Gasteiger partial charge < -0.3 is 14.6 Å². The van der Waals surface area contributed by atoms with Gasteiger partial charge in [-0.25, -0.2) is 9.97 Å². The molecule has 2 heterocycles. The third-order valence-electron chi connectivity index (χ3n) is 3.15. The SMILES string of the molecule is O=C(COc1ccc(Cn2ccnc2)cc1)Nc1ccccn1. The van der Waals surface area contributed by atoms with Gasteiger partial charge in [0.05, 0.1) is 6.33 Å². The number of anilines is 1. The maximum absolute atomic E-state index is 11.8. The number of imidazole rings is 1. The second-order valence-corrected chi connectivity index (χ2v) is 4.93. The number of carbonyl (C=O) groups is 1. The van der Waals surface area contributed by atoms with E-state index >= 15 is 0 Å². The van der Waals surface area contributed by atoms with E-state index in [1.165, 1.54) is 0 Å². The molecule has 0 aliphatic carbocycles. The minimum atomic E-state index is -0.244. The minimum absolute atomic E-state index is 0.0581. The lowest BCUT2D eigenvalue weighted by Gasteiger charge is -2.08. The fourth-order valence-electron chi connectivity index (χ4n) is 2.05. The number of nitrogens with zero attached hydrogens (tertiary/aromatic N) is 3. The molecule has 0 bridgehead atoms. The van der Waals surface area contributed by atoms with E-state index in [1.807, 2.05) is 41.1 Å². The van der Waals surface area contributed by atoms with E-state index in [1.54, 1.807) is 30.9 Å². The Kier molecular flexibility index (Phi) is 4.63. The molecule has 116 valence electrons. The van der Waals surface area contributed by atoms with Crippen molar-refractivity contribution in [2.75, 3.05) is 11.9 Å². The number of amides is 1. The Morgan fingerprint density at radius 2 is 2.00 bits per heavy atom. The molecule has 3 aromatic rings. The first kappa shape index (κ1) is 14.8. The molecule has 2 aromatic heterocycles.